The Kier molecular flexibility index (Phi) is 7.29. The van der Waals surface area contributed by atoms with Crippen molar-refractivity contribution in [2.75, 3.05) is 0 Å². The second kappa shape index (κ2) is 7.43. The van der Waals surface area contributed by atoms with E-state index in [-0.39, 0.29) is 36.8 Å². The molecule has 1 unspecified atom stereocenters. The van der Waals surface area contributed by atoms with Crippen LogP contribution >= 0.6 is 36.2 Å². The van der Waals surface area contributed by atoms with Gasteiger partial charge in [-0.2, -0.15) is 0 Å². The Morgan fingerprint density at radius 3 is 2.53 bits per heavy atom. The number of halogens is 2. The van der Waals surface area contributed by atoms with E-state index < -0.39 is 5.54 Å². The van der Waals surface area contributed by atoms with Crippen molar-refractivity contribution in [1.82, 2.24) is 10.3 Å². The first kappa shape index (κ1) is 18.6. The zero-order valence-corrected chi connectivity index (χ0v) is 13.6. The van der Waals surface area contributed by atoms with E-state index in [1.165, 1.54) is 0 Å². The number of carbonyl (C=O) groups is 1. The fourth-order valence-electron chi connectivity index (χ4n) is 2.21. The summed E-state index contributed by atoms with van der Waals surface area (Å²) in [5.41, 5.74) is 6.45. The van der Waals surface area contributed by atoms with Crippen molar-refractivity contribution in [1.29, 1.82) is 0 Å². The second-order valence-corrected chi connectivity index (χ2v) is 5.78. The van der Waals surface area contributed by atoms with E-state index in [4.69, 9.17) is 5.73 Å². The lowest BCUT2D eigenvalue weighted by atomic mass is 9.98. The largest absolute Gasteiger partial charge is 0.346 e. The molecule has 7 heteroatoms. The van der Waals surface area contributed by atoms with E-state index in [2.05, 4.69) is 10.3 Å². The van der Waals surface area contributed by atoms with Gasteiger partial charge in [0.1, 0.15) is 5.01 Å². The topological polar surface area (TPSA) is 68.0 Å². The van der Waals surface area contributed by atoms with Crippen LogP contribution in [0.3, 0.4) is 0 Å². The van der Waals surface area contributed by atoms with Crippen LogP contribution in [0.25, 0.3) is 0 Å². The van der Waals surface area contributed by atoms with Gasteiger partial charge in [-0.05, 0) is 26.7 Å². The van der Waals surface area contributed by atoms with E-state index in [1.807, 2.05) is 19.2 Å². The van der Waals surface area contributed by atoms with E-state index in [0.29, 0.717) is 0 Å². The summed E-state index contributed by atoms with van der Waals surface area (Å²) < 4.78 is 0. The third-order valence-electron chi connectivity index (χ3n) is 3.30. The van der Waals surface area contributed by atoms with Crippen molar-refractivity contribution in [3.8, 4) is 0 Å². The van der Waals surface area contributed by atoms with Gasteiger partial charge in [-0.15, -0.1) is 36.2 Å². The van der Waals surface area contributed by atoms with Crippen molar-refractivity contribution in [2.45, 2.75) is 51.1 Å². The molecule has 4 nitrogen and oxygen atoms in total. The standard InChI is InChI=1S/C12H19N3OS.2ClH/c1-8-7-17-10(14-8)9(2)15-11(16)12(13)5-3-4-6-12;;/h7,9H,3-6,13H2,1-2H3,(H,15,16);2*1H. The molecule has 0 saturated heterocycles. The van der Waals surface area contributed by atoms with Gasteiger partial charge in [0.15, 0.2) is 0 Å². The number of thiazole rings is 1. The lowest BCUT2D eigenvalue weighted by molar-refractivity contribution is -0.126. The van der Waals surface area contributed by atoms with E-state index in [1.54, 1.807) is 11.3 Å². The fraction of sp³-hybridized carbons (Fsp3) is 0.667. The molecular weight excluding hydrogens is 305 g/mol. The van der Waals surface area contributed by atoms with E-state index in [9.17, 15) is 4.79 Å². The summed E-state index contributed by atoms with van der Waals surface area (Å²) in [4.78, 5) is 16.5. The molecule has 19 heavy (non-hydrogen) atoms. The Hall–Kier alpha value is -0.360. The molecule has 0 spiro atoms. The number of amides is 1. The molecule has 1 aromatic rings. The van der Waals surface area contributed by atoms with Gasteiger partial charge in [-0.1, -0.05) is 12.8 Å². The maximum Gasteiger partial charge on any atom is 0.240 e. The Labute approximate surface area is 130 Å². The van der Waals surface area contributed by atoms with Gasteiger partial charge in [0.25, 0.3) is 0 Å². The van der Waals surface area contributed by atoms with Gasteiger partial charge in [-0.3, -0.25) is 4.79 Å². The minimum atomic E-state index is -0.652. The molecule has 1 saturated carbocycles. The highest BCUT2D eigenvalue weighted by molar-refractivity contribution is 7.09. The lowest BCUT2D eigenvalue weighted by Crippen LogP contribution is -2.52. The highest BCUT2D eigenvalue weighted by Gasteiger charge is 2.37. The summed E-state index contributed by atoms with van der Waals surface area (Å²) in [7, 11) is 0. The van der Waals surface area contributed by atoms with Gasteiger partial charge < -0.3 is 11.1 Å². The number of hydrogen-bond acceptors (Lipinski definition) is 4. The Balaban J connectivity index is 0.00000162. The molecule has 3 N–H and O–H groups in total. The zero-order valence-electron chi connectivity index (χ0n) is 11.1. The lowest BCUT2D eigenvalue weighted by Gasteiger charge is -2.24. The summed E-state index contributed by atoms with van der Waals surface area (Å²) >= 11 is 1.57. The number of aromatic nitrogens is 1. The van der Waals surface area contributed by atoms with Crippen LogP contribution in [0.15, 0.2) is 5.38 Å². The van der Waals surface area contributed by atoms with Gasteiger partial charge in [-0.25, -0.2) is 4.98 Å². The number of nitrogens with two attached hydrogens (primary N) is 1. The molecule has 1 aliphatic rings. The monoisotopic (exact) mass is 325 g/mol. The van der Waals surface area contributed by atoms with Crippen molar-refractivity contribution in [3.63, 3.8) is 0 Å². The SMILES string of the molecule is Cc1csc(C(C)NC(=O)C2(N)CCCC2)n1.Cl.Cl. The third kappa shape index (κ3) is 4.31. The predicted molar refractivity (Wildman–Crippen MR) is 83.3 cm³/mol. The van der Waals surface area contributed by atoms with Gasteiger partial charge in [0.05, 0.1) is 11.6 Å². The highest BCUT2D eigenvalue weighted by Crippen LogP contribution is 2.28. The maximum atomic E-state index is 12.1. The van der Waals surface area contributed by atoms with E-state index in [0.717, 1.165) is 36.4 Å². The predicted octanol–water partition coefficient (Wildman–Crippen LogP) is 2.74. The first-order valence-corrected chi connectivity index (χ1v) is 6.91. The summed E-state index contributed by atoms with van der Waals surface area (Å²) in [5, 5.41) is 5.91. The van der Waals surface area contributed by atoms with Gasteiger partial charge >= 0.3 is 0 Å². The molecule has 1 fully saturated rings. The molecule has 0 aliphatic heterocycles. The van der Waals surface area contributed by atoms with E-state index >= 15 is 0 Å². The van der Waals surface area contributed by atoms with Gasteiger partial charge in [0.2, 0.25) is 5.91 Å². The Morgan fingerprint density at radius 2 is 2.05 bits per heavy atom. The normalized spacial score (nSPS) is 18.1. The second-order valence-electron chi connectivity index (χ2n) is 4.89. The summed E-state index contributed by atoms with van der Waals surface area (Å²) in [6, 6.07) is -0.0535. The molecular formula is C12H21Cl2N3OS. The quantitative estimate of drug-likeness (QED) is 0.897. The third-order valence-corrected chi connectivity index (χ3v) is 4.45. The first-order chi connectivity index (χ1) is 8.01. The molecule has 1 amide bonds. The molecule has 0 aromatic carbocycles. The number of hydrogen-bond donors (Lipinski definition) is 2. The molecule has 0 bridgehead atoms. The molecule has 110 valence electrons. The average Bonchev–Trinajstić information content (AvgIpc) is 2.88. The summed E-state index contributed by atoms with van der Waals surface area (Å²) in [6.45, 7) is 3.91. The van der Waals surface area contributed by atoms with Crippen LogP contribution in [0.4, 0.5) is 0 Å². The number of nitrogens with one attached hydrogen (secondary N) is 1. The van der Waals surface area contributed by atoms with Crippen LogP contribution in [0.2, 0.25) is 0 Å². The summed E-state index contributed by atoms with van der Waals surface area (Å²) in [6.07, 6.45) is 3.69. The molecule has 2 rings (SSSR count). The minimum absolute atomic E-state index is 0. The molecule has 1 aromatic heterocycles. The smallest absolute Gasteiger partial charge is 0.240 e. The van der Waals surface area contributed by atoms with Crippen LogP contribution in [0.1, 0.15) is 49.4 Å². The number of aryl methyl sites for hydroxylation is 1. The molecule has 0 radical (unpaired) electrons. The zero-order chi connectivity index (χ0) is 12.5. The Bertz CT molecular complexity index is 419. The van der Waals surface area contributed by atoms with Crippen LogP contribution in [-0.2, 0) is 4.79 Å². The number of rotatable bonds is 3. The van der Waals surface area contributed by atoms with Crippen LogP contribution in [-0.4, -0.2) is 16.4 Å². The number of nitrogens with zero attached hydrogens (tertiary/aromatic N) is 1. The van der Waals surface area contributed by atoms with Gasteiger partial charge in [0, 0.05) is 11.1 Å². The average molecular weight is 326 g/mol. The van der Waals surface area contributed by atoms with Crippen molar-refractivity contribution < 1.29 is 4.79 Å². The Morgan fingerprint density at radius 1 is 1.47 bits per heavy atom. The van der Waals surface area contributed by atoms with Crippen LogP contribution in [0, 0.1) is 6.92 Å². The fourth-order valence-corrected chi connectivity index (χ4v) is 3.01. The van der Waals surface area contributed by atoms with Crippen molar-refractivity contribution >= 4 is 42.1 Å². The molecule has 1 atom stereocenters. The first-order valence-electron chi connectivity index (χ1n) is 6.03. The highest BCUT2D eigenvalue weighted by atomic mass is 35.5. The molecule has 1 heterocycles. The van der Waals surface area contributed by atoms with Crippen LogP contribution < -0.4 is 11.1 Å². The minimum Gasteiger partial charge on any atom is -0.346 e. The van der Waals surface area contributed by atoms with Crippen LogP contribution in [0.5, 0.6) is 0 Å². The number of carbonyl (C=O) groups excluding carboxylic acids is 1. The maximum absolute atomic E-state index is 12.1. The van der Waals surface area contributed by atoms with Crippen molar-refractivity contribution in [2.24, 2.45) is 5.73 Å². The summed E-state index contributed by atoms with van der Waals surface area (Å²) in [5.74, 6) is -0.0321. The molecule has 1 aliphatic carbocycles. The van der Waals surface area contributed by atoms with Crippen molar-refractivity contribution in [3.05, 3.63) is 16.1 Å².